The summed E-state index contributed by atoms with van der Waals surface area (Å²) in [5.41, 5.74) is -0.494. The van der Waals surface area contributed by atoms with Gasteiger partial charge in [0, 0.05) is 0 Å². The van der Waals surface area contributed by atoms with Crippen molar-refractivity contribution in [3.05, 3.63) is 0 Å². The highest BCUT2D eigenvalue weighted by atomic mass is 16.5. The smallest absolute Gasteiger partial charge is 0.325 e. The van der Waals surface area contributed by atoms with Crippen LogP contribution in [-0.2, 0) is 9.53 Å². The molecule has 0 atom stereocenters. The average Bonchev–Trinajstić information content (AvgIpc) is 1.64. The molecule has 0 aliphatic heterocycles. The van der Waals surface area contributed by atoms with Gasteiger partial charge in [-0.25, -0.2) is 0 Å². The number of carbonyl (C=O) groups excluding carboxylic acids is 1. The maximum atomic E-state index is 10.7. The van der Waals surface area contributed by atoms with Gasteiger partial charge in [0.15, 0.2) is 0 Å². The Bertz CT molecular complexity index is 145. The van der Waals surface area contributed by atoms with E-state index in [1.54, 1.807) is 20.8 Å². The number of terminal acetylenes is 1. The quantitative estimate of drug-likeness (QED) is 0.359. The minimum Gasteiger partial charge on any atom is -0.372 e. The molecule has 0 N–H and O–H groups in total. The van der Waals surface area contributed by atoms with Crippen molar-refractivity contribution in [2.45, 2.75) is 20.8 Å². The Morgan fingerprint density at radius 3 is 2.11 bits per heavy atom. The van der Waals surface area contributed by atoms with Gasteiger partial charge < -0.3 is 4.74 Å². The van der Waals surface area contributed by atoms with Crippen molar-refractivity contribution in [3.63, 3.8) is 0 Å². The molecule has 0 amide bonds. The third-order valence-electron chi connectivity index (χ3n) is 0.764. The first kappa shape index (κ1) is 8.03. The van der Waals surface area contributed by atoms with Gasteiger partial charge in [0.1, 0.15) is 6.11 Å². The number of hydrogen-bond acceptors (Lipinski definition) is 2. The van der Waals surface area contributed by atoms with E-state index in [0.717, 1.165) is 0 Å². The predicted octanol–water partition coefficient (Wildman–Crippen LogP) is 1.17. The highest BCUT2D eigenvalue weighted by Gasteiger charge is 2.22. The van der Waals surface area contributed by atoms with Crippen molar-refractivity contribution in [2.24, 2.45) is 5.41 Å². The lowest BCUT2D eigenvalue weighted by Gasteiger charge is -2.11. The van der Waals surface area contributed by atoms with Crippen LogP contribution in [0.25, 0.3) is 0 Å². The average molecular weight is 126 g/mol. The van der Waals surface area contributed by atoms with Crippen molar-refractivity contribution >= 4 is 5.97 Å². The first-order chi connectivity index (χ1) is 3.98. The fourth-order valence-electron chi connectivity index (χ4n) is 0.207. The van der Waals surface area contributed by atoms with Crippen LogP contribution in [0.4, 0.5) is 0 Å². The van der Waals surface area contributed by atoms with Crippen LogP contribution in [0.3, 0.4) is 0 Å². The lowest BCUT2D eigenvalue weighted by Crippen LogP contribution is -2.20. The van der Waals surface area contributed by atoms with Crippen LogP contribution in [0.15, 0.2) is 0 Å². The highest BCUT2D eigenvalue weighted by Crippen LogP contribution is 2.14. The van der Waals surface area contributed by atoms with Crippen molar-refractivity contribution in [1.82, 2.24) is 0 Å². The molecule has 0 aliphatic carbocycles. The summed E-state index contributed by atoms with van der Waals surface area (Å²) in [6.07, 6.45) is 6.56. The molecule has 0 saturated heterocycles. The molecule has 9 heavy (non-hydrogen) atoms. The fraction of sp³-hybridized carbons (Fsp3) is 0.571. The Morgan fingerprint density at radius 2 is 2.00 bits per heavy atom. The fourth-order valence-corrected chi connectivity index (χ4v) is 0.207. The second kappa shape index (κ2) is 2.54. The molecule has 0 fully saturated rings. The summed E-state index contributed by atoms with van der Waals surface area (Å²) >= 11 is 0. The molecular weight excluding hydrogens is 116 g/mol. The van der Waals surface area contributed by atoms with E-state index in [2.05, 4.69) is 4.74 Å². The second-order valence-electron chi connectivity index (χ2n) is 2.76. The predicted molar refractivity (Wildman–Crippen MR) is 34.4 cm³/mol. The summed E-state index contributed by atoms with van der Waals surface area (Å²) < 4.78 is 4.30. The molecule has 0 rings (SSSR count). The summed E-state index contributed by atoms with van der Waals surface area (Å²) in [5, 5.41) is 0. The largest absolute Gasteiger partial charge is 0.372 e. The molecule has 0 bridgehead atoms. The van der Waals surface area contributed by atoms with Crippen molar-refractivity contribution < 1.29 is 9.53 Å². The second-order valence-corrected chi connectivity index (χ2v) is 2.76. The zero-order chi connectivity index (χ0) is 7.49. The molecule has 50 valence electrons. The summed E-state index contributed by atoms with van der Waals surface area (Å²) in [6, 6.07) is 0. The zero-order valence-electron chi connectivity index (χ0n) is 5.89. The first-order valence-electron chi connectivity index (χ1n) is 2.65. The lowest BCUT2D eigenvalue weighted by molar-refractivity contribution is -0.145. The molecule has 0 aromatic carbocycles. The SMILES string of the molecule is C#COC(=O)C(C)(C)C. The molecule has 0 aromatic rings. The molecule has 0 aliphatic rings. The number of esters is 1. The summed E-state index contributed by atoms with van der Waals surface area (Å²) in [4.78, 5) is 10.7. The monoisotopic (exact) mass is 126 g/mol. The molecule has 0 heterocycles. The zero-order valence-corrected chi connectivity index (χ0v) is 5.89. The van der Waals surface area contributed by atoms with Crippen LogP contribution >= 0.6 is 0 Å². The van der Waals surface area contributed by atoms with Crippen LogP contribution in [0, 0.1) is 17.9 Å². The minimum atomic E-state index is -0.494. The van der Waals surface area contributed by atoms with Gasteiger partial charge in [0.05, 0.1) is 5.41 Å². The third-order valence-corrected chi connectivity index (χ3v) is 0.764. The van der Waals surface area contributed by atoms with Gasteiger partial charge in [0.25, 0.3) is 0 Å². The summed E-state index contributed by atoms with van der Waals surface area (Å²) in [6.45, 7) is 5.23. The Kier molecular flexibility index (Phi) is 2.27. The van der Waals surface area contributed by atoms with E-state index >= 15 is 0 Å². The van der Waals surface area contributed by atoms with E-state index in [-0.39, 0.29) is 5.97 Å². The summed E-state index contributed by atoms with van der Waals surface area (Å²) in [5.74, 6) is -0.370. The molecule has 2 heteroatoms. The van der Waals surface area contributed by atoms with Crippen LogP contribution in [-0.4, -0.2) is 5.97 Å². The van der Waals surface area contributed by atoms with E-state index < -0.39 is 5.41 Å². The number of rotatable bonds is 0. The number of hydrogen-bond donors (Lipinski definition) is 0. The van der Waals surface area contributed by atoms with Crippen molar-refractivity contribution in [2.75, 3.05) is 0 Å². The highest BCUT2D eigenvalue weighted by molar-refractivity contribution is 5.76. The molecular formula is C7H10O2. The molecule has 0 aromatic heterocycles. The number of ether oxygens (including phenoxy) is 1. The topological polar surface area (TPSA) is 26.3 Å². The normalized spacial score (nSPS) is 10.0. The standard InChI is InChI=1S/C7H10O2/c1-5-9-6(8)7(2,3)4/h1H,2-4H3. The molecule has 0 unspecified atom stereocenters. The Hall–Kier alpha value is -0.970. The van der Waals surface area contributed by atoms with E-state index in [9.17, 15) is 4.79 Å². The van der Waals surface area contributed by atoms with Crippen LogP contribution in [0.5, 0.6) is 0 Å². The van der Waals surface area contributed by atoms with Crippen LogP contribution in [0.2, 0.25) is 0 Å². The van der Waals surface area contributed by atoms with Gasteiger partial charge >= 0.3 is 5.97 Å². The maximum absolute atomic E-state index is 10.7. The van der Waals surface area contributed by atoms with Gasteiger partial charge in [-0.05, 0) is 20.8 Å². The van der Waals surface area contributed by atoms with Crippen molar-refractivity contribution in [1.29, 1.82) is 0 Å². The summed E-state index contributed by atoms with van der Waals surface area (Å²) in [7, 11) is 0. The molecule has 0 spiro atoms. The van der Waals surface area contributed by atoms with E-state index in [1.165, 1.54) is 0 Å². The molecule has 2 nitrogen and oxygen atoms in total. The van der Waals surface area contributed by atoms with Crippen LogP contribution in [0.1, 0.15) is 20.8 Å². The Balaban J connectivity index is 3.93. The lowest BCUT2D eigenvalue weighted by atomic mass is 9.98. The third kappa shape index (κ3) is 2.76. The first-order valence-corrected chi connectivity index (χ1v) is 2.65. The molecule has 0 saturated carbocycles. The van der Waals surface area contributed by atoms with Gasteiger partial charge in [-0.2, -0.15) is 0 Å². The van der Waals surface area contributed by atoms with E-state index in [4.69, 9.17) is 6.42 Å². The van der Waals surface area contributed by atoms with Crippen LogP contribution < -0.4 is 0 Å². The Morgan fingerprint density at radius 1 is 1.56 bits per heavy atom. The van der Waals surface area contributed by atoms with Gasteiger partial charge in [-0.15, -0.1) is 0 Å². The van der Waals surface area contributed by atoms with Crippen molar-refractivity contribution in [3.8, 4) is 12.5 Å². The van der Waals surface area contributed by atoms with E-state index in [0.29, 0.717) is 0 Å². The van der Waals surface area contributed by atoms with E-state index in [1.807, 2.05) is 6.11 Å². The molecule has 0 radical (unpaired) electrons. The maximum Gasteiger partial charge on any atom is 0.325 e. The van der Waals surface area contributed by atoms with Gasteiger partial charge in [-0.3, -0.25) is 4.79 Å². The van der Waals surface area contributed by atoms with Gasteiger partial charge in [0.2, 0.25) is 0 Å². The van der Waals surface area contributed by atoms with Gasteiger partial charge in [-0.1, -0.05) is 6.42 Å². The minimum absolute atomic E-state index is 0.370. The Labute approximate surface area is 55.2 Å². The number of carbonyl (C=O) groups is 1.